The SMILES string of the molecule is CCNC(=O)Nc1cc(-c2nc(C3CC3)cs2)c(-c2cncc(-c3nn(C(OP(=O)(OC(n4nc(-c5cncc(-c6cnc(NC(=O)NCC)cc6-c6nc(C7CC7)cs6)c5)oc4=O)(C(C)(C)C)C(C)(C)C)OC(n4nc(-c5cncc(-c6cnc(NC(=O)NCC)cc6-c6nc(C7CC7)cs6)c5)oc4=O)(C(C)(C)C)C(C)(C)C)(C(C)(C)C)C(C)(C)C)c(=O)o3)c2)cn1. The highest BCUT2D eigenvalue weighted by Crippen LogP contribution is 2.72. The van der Waals surface area contributed by atoms with E-state index in [-0.39, 0.29) is 51.8 Å². The zero-order valence-corrected chi connectivity index (χ0v) is 79.0. The van der Waals surface area contributed by atoms with Crippen molar-refractivity contribution in [3.8, 4) is 99.5 Å². The third kappa shape index (κ3) is 17.7. The van der Waals surface area contributed by atoms with E-state index in [1.807, 2.05) is 36.9 Å². The number of thiazole rings is 3. The van der Waals surface area contributed by atoms with E-state index in [2.05, 4.69) is 61.8 Å². The maximum atomic E-state index is 19.0. The molecule has 15 rings (SSSR count). The van der Waals surface area contributed by atoms with Crippen LogP contribution in [0.4, 0.5) is 31.8 Å². The Bertz CT molecular complexity index is 5810. The van der Waals surface area contributed by atoms with Gasteiger partial charge in [-0.15, -0.1) is 49.3 Å². The molecule has 0 bridgehead atoms. The maximum absolute atomic E-state index is 19.0. The second-order valence-corrected chi connectivity index (χ2v) is 42.7. The lowest BCUT2D eigenvalue weighted by atomic mass is 9.68. The van der Waals surface area contributed by atoms with Gasteiger partial charge in [0.2, 0.25) is 0 Å². The van der Waals surface area contributed by atoms with E-state index < -0.39 is 92.8 Å². The molecular formula is C90H108N21O13PS3. The van der Waals surface area contributed by atoms with Crippen molar-refractivity contribution in [2.45, 2.75) is 219 Å². The number of nitrogens with one attached hydrogen (secondary N) is 6. The van der Waals surface area contributed by atoms with Crippen LogP contribution in [0.25, 0.3) is 99.5 Å². The van der Waals surface area contributed by atoms with E-state index in [9.17, 15) is 14.4 Å². The number of phosphoric acid groups is 1. The number of pyridine rings is 6. The van der Waals surface area contributed by atoms with E-state index in [4.69, 9.17) is 57.1 Å². The molecule has 12 aromatic heterocycles. The van der Waals surface area contributed by atoms with Crippen LogP contribution in [-0.4, -0.2) is 112 Å². The molecule has 0 atom stereocenters. The fourth-order valence-electron chi connectivity index (χ4n) is 17.3. The van der Waals surface area contributed by atoms with Gasteiger partial charge in [0.15, 0.2) is 17.2 Å². The van der Waals surface area contributed by atoms with E-state index >= 15 is 18.9 Å². The van der Waals surface area contributed by atoms with Gasteiger partial charge in [-0.1, -0.05) is 125 Å². The molecule has 3 saturated carbocycles. The van der Waals surface area contributed by atoms with Gasteiger partial charge < -0.3 is 29.2 Å². The number of rotatable bonds is 27. The van der Waals surface area contributed by atoms with Crippen LogP contribution in [-0.2, 0) is 35.3 Å². The third-order valence-corrected chi connectivity index (χ3v) is 27.1. The van der Waals surface area contributed by atoms with Crippen molar-refractivity contribution in [1.29, 1.82) is 0 Å². The number of carbonyl (C=O) groups excluding carboxylic acids is 3. The zero-order valence-electron chi connectivity index (χ0n) is 75.7. The fraction of sp³-hybridized carbons (Fsp3) is 0.467. The molecule has 128 heavy (non-hydrogen) atoms. The average Bonchev–Trinajstić information content (AvgIpc) is 1.21. The van der Waals surface area contributed by atoms with E-state index in [0.717, 1.165) is 69.7 Å². The minimum absolute atomic E-state index is 0.201. The summed E-state index contributed by atoms with van der Waals surface area (Å²) in [7, 11) is -6.10. The van der Waals surface area contributed by atoms with Gasteiger partial charge in [0, 0.05) is 192 Å². The van der Waals surface area contributed by atoms with Crippen molar-refractivity contribution >= 4 is 77.4 Å². The maximum Gasteiger partial charge on any atom is 0.481 e. The molecule has 6 amide bonds. The quantitative estimate of drug-likeness (QED) is 0.0260. The van der Waals surface area contributed by atoms with Crippen molar-refractivity contribution in [2.75, 3.05) is 35.6 Å². The highest BCUT2D eigenvalue weighted by Gasteiger charge is 2.69. The summed E-state index contributed by atoms with van der Waals surface area (Å²) >= 11 is 4.36. The first-order chi connectivity index (χ1) is 60.3. The molecule has 3 aliphatic rings. The molecule has 0 radical (unpaired) electrons. The molecule has 0 spiro atoms. The minimum Gasteiger partial charge on any atom is -0.387 e. The van der Waals surface area contributed by atoms with Crippen LogP contribution in [0, 0.1) is 32.5 Å². The standard InChI is InChI=1S/C90H108N21O13PS3/c1-22-94-76(112)103-67-34-58(73-100-64(46-126-73)49-25-26-49)61(43-97-67)52-31-55(40-91-37-52)70-106-109(79(115)119-70)88(82(4,5)6,83(7,8)9)122-125(118,123-89(84(10,11)12,85(13,14)15)110-80(116)120-71(107-110)56-32-53(38-92-41-56)62-44-98-68(104-77(113)95-23-2)35-59(62)74-101-65(47-127-74)50-27-28-50)124-90(86(16,17)18,87(19,20)21)111-81(117)121-72(108-111)57-33-54(39-93-42-57)63-45-99-69(105-78(114)96-24-3)36-60(63)75-102-66(48-128-75)51-29-30-51/h31-51H,22-30H2,1-21H3,(H2,94,97,103,112)(H2,95,98,104,113)(H2,96,99,105,114). The van der Waals surface area contributed by atoms with Crippen molar-refractivity contribution in [3.05, 3.63) is 157 Å². The molecule has 12 heterocycles. The number of aromatic nitrogens is 15. The highest BCUT2D eigenvalue weighted by atomic mass is 32.1. The number of carbonyl (C=O) groups is 3. The van der Waals surface area contributed by atoms with Gasteiger partial charge in [-0.3, -0.25) is 44.5 Å². The van der Waals surface area contributed by atoms with Crippen LogP contribution in [0.1, 0.15) is 219 Å². The second-order valence-electron chi connectivity index (χ2n) is 38.6. The molecule has 0 aromatic carbocycles. The Morgan fingerprint density at radius 3 is 0.844 bits per heavy atom. The molecule has 3 fully saturated rings. The van der Waals surface area contributed by atoms with Gasteiger partial charge in [-0.2, -0.15) is 14.0 Å². The summed E-state index contributed by atoms with van der Waals surface area (Å²) in [6.45, 7) is 38.1. The monoisotopic (exact) mass is 1820 g/mol. The van der Waals surface area contributed by atoms with Gasteiger partial charge in [0.1, 0.15) is 32.5 Å². The molecule has 0 saturated heterocycles. The molecular weight excluding hydrogens is 1710 g/mol. The molecule has 34 nitrogen and oxygen atoms in total. The van der Waals surface area contributed by atoms with Gasteiger partial charge in [-0.05, 0) is 95.7 Å². The van der Waals surface area contributed by atoms with Crippen molar-refractivity contribution in [3.63, 3.8) is 0 Å². The Morgan fingerprint density at radius 1 is 0.375 bits per heavy atom. The molecule has 3 aliphatic carbocycles. The van der Waals surface area contributed by atoms with Crippen LogP contribution >= 0.6 is 41.8 Å². The number of urea groups is 3. The van der Waals surface area contributed by atoms with Crippen LogP contribution in [0.3, 0.4) is 0 Å². The van der Waals surface area contributed by atoms with Crippen molar-refractivity contribution in [1.82, 2.24) is 90.1 Å². The molecule has 38 heteroatoms. The molecule has 12 aromatic rings. The summed E-state index contributed by atoms with van der Waals surface area (Å²) in [5, 5.41) is 40.1. The smallest absolute Gasteiger partial charge is 0.387 e. The van der Waals surface area contributed by atoms with E-state index in [1.54, 1.807) is 198 Å². The third-order valence-electron chi connectivity index (χ3n) is 23.0. The number of hydrogen-bond donors (Lipinski definition) is 6. The van der Waals surface area contributed by atoms with Crippen LogP contribution in [0.5, 0.6) is 0 Å². The Morgan fingerprint density at radius 2 is 0.617 bits per heavy atom. The summed E-state index contributed by atoms with van der Waals surface area (Å²) in [6, 6.07) is 9.05. The predicted octanol–water partition coefficient (Wildman–Crippen LogP) is 19.7. The Labute approximate surface area is 752 Å². The van der Waals surface area contributed by atoms with Crippen LogP contribution in [0.2, 0.25) is 0 Å². The molecule has 6 N–H and O–H groups in total. The Kier molecular flexibility index (Phi) is 24.4. The molecule has 674 valence electrons. The van der Waals surface area contributed by atoms with Gasteiger partial charge in [-0.25, -0.2) is 63.2 Å². The first-order valence-corrected chi connectivity index (χ1v) is 46.8. The molecule has 0 unspecified atom stereocenters. The van der Waals surface area contributed by atoms with Crippen molar-refractivity contribution < 1.29 is 45.8 Å². The second kappa shape index (κ2) is 34.2. The summed E-state index contributed by atoms with van der Waals surface area (Å²) < 4.78 is 64.4. The molecule has 0 aliphatic heterocycles. The first-order valence-electron chi connectivity index (χ1n) is 42.7. The summed E-state index contributed by atoms with van der Waals surface area (Å²) in [6.07, 6.45) is 20.2. The van der Waals surface area contributed by atoms with Gasteiger partial charge in [0.05, 0.1) is 33.8 Å². The summed E-state index contributed by atoms with van der Waals surface area (Å²) in [5.41, 5.74) is -7.61. The lowest BCUT2D eigenvalue weighted by Gasteiger charge is -2.57. The lowest BCUT2D eigenvalue weighted by molar-refractivity contribution is -0.270. The number of hydrogen-bond acceptors (Lipinski definition) is 28. The highest BCUT2D eigenvalue weighted by molar-refractivity contribution is 7.48. The van der Waals surface area contributed by atoms with E-state index in [0.29, 0.717) is 102 Å². The van der Waals surface area contributed by atoms with E-state index in [1.165, 1.54) is 52.6 Å². The topological polar surface area (TPSA) is 428 Å². The normalized spacial score (nSPS) is 14.6. The Balaban J connectivity index is 0.905. The number of amides is 6. The zero-order chi connectivity index (χ0) is 92.0. The lowest BCUT2D eigenvalue weighted by Crippen LogP contribution is -2.63. The fourth-order valence-corrected chi connectivity index (χ4v) is 23.1. The van der Waals surface area contributed by atoms with Crippen LogP contribution in [0.15, 0.2) is 136 Å². The first kappa shape index (κ1) is 91.3. The number of nitrogens with zero attached hydrogens (tertiary/aromatic N) is 15. The minimum atomic E-state index is -6.10. The van der Waals surface area contributed by atoms with Crippen LogP contribution < -0.4 is 49.2 Å². The Hall–Kier alpha value is -11.5. The summed E-state index contributed by atoms with van der Waals surface area (Å²) in [4.78, 5) is 130. The van der Waals surface area contributed by atoms with Gasteiger partial charge >= 0.3 is 43.2 Å². The predicted molar refractivity (Wildman–Crippen MR) is 491 cm³/mol. The summed E-state index contributed by atoms with van der Waals surface area (Å²) in [5.74, 6) is -2.29. The number of anilines is 3. The largest absolute Gasteiger partial charge is 0.481 e. The number of phosphoric ester groups is 1. The average molecular weight is 1820 g/mol. The van der Waals surface area contributed by atoms with Crippen molar-refractivity contribution in [2.24, 2.45) is 32.5 Å². The van der Waals surface area contributed by atoms with Gasteiger partial charge in [0.25, 0.3) is 17.7 Å².